The molecule has 38 heavy (non-hydrogen) atoms. The predicted octanol–water partition coefficient (Wildman–Crippen LogP) is 3.83. The third kappa shape index (κ3) is 12.2. The van der Waals surface area contributed by atoms with Crippen LogP contribution >= 0.6 is 0 Å². The quantitative estimate of drug-likeness (QED) is 0.211. The molecule has 1 aliphatic heterocycles. The second-order valence-electron chi connectivity index (χ2n) is 11.1. The molecule has 216 valence electrons. The van der Waals surface area contributed by atoms with Gasteiger partial charge in [-0.25, -0.2) is 4.79 Å². The van der Waals surface area contributed by atoms with Gasteiger partial charge in [-0.2, -0.15) is 0 Å². The monoisotopic (exact) mass is 533 g/mol. The summed E-state index contributed by atoms with van der Waals surface area (Å²) in [6, 6.07) is -0.643. The van der Waals surface area contributed by atoms with E-state index in [0.717, 1.165) is 12.8 Å². The lowest BCUT2D eigenvalue weighted by atomic mass is 9.83. The molecule has 11 atom stereocenters. The van der Waals surface area contributed by atoms with Crippen LogP contribution in [0.25, 0.3) is 0 Å². The van der Waals surface area contributed by atoms with Crippen LogP contribution in [0, 0.1) is 29.6 Å². The van der Waals surface area contributed by atoms with Crippen molar-refractivity contribution < 1.29 is 30.0 Å². The van der Waals surface area contributed by atoms with E-state index < -0.39 is 42.5 Å². The fourth-order valence-electron chi connectivity index (χ4n) is 4.85. The largest absolute Gasteiger partial charge is 0.458 e. The van der Waals surface area contributed by atoms with Gasteiger partial charge in [0.15, 0.2) is 0 Å². The zero-order valence-electron chi connectivity index (χ0n) is 23.8. The summed E-state index contributed by atoms with van der Waals surface area (Å²) in [7, 11) is 0. The minimum Gasteiger partial charge on any atom is -0.458 e. The first-order valence-electron chi connectivity index (χ1n) is 13.9. The number of aliphatic hydroxyl groups is 4. The van der Waals surface area contributed by atoms with E-state index in [1.54, 1.807) is 36.5 Å². The summed E-state index contributed by atoms with van der Waals surface area (Å²) in [5.74, 6) is -1.09. The topological polar surface area (TPSA) is 133 Å². The maximum atomic E-state index is 12.6. The number of hydrogen-bond acceptors (Lipinski definition) is 7. The summed E-state index contributed by atoms with van der Waals surface area (Å²) < 4.78 is 5.79. The highest BCUT2D eigenvalue weighted by molar-refractivity contribution is 5.82. The Labute approximate surface area is 229 Å². The lowest BCUT2D eigenvalue weighted by Gasteiger charge is -2.31. The number of rotatable bonds is 3. The van der Waals surface area contributed by atoms with Crippen molar-refractivity contribution in [2.45, 2.75) is 96.9 Å². The molecule has 7 heteroatoms. The molecular formula is C31H51NO6. The Balaban J connectivity index is 3.17. The normalized spacial score (nSPS) is 40.7. The number of carbonyl (C=O) groups is 1. The van der Waals surface area contributed by atoms with Crippen molar-refractivity contribution in [3.8, 4) is 0 Å². The number of carbonyl (C=O) groups excluding carboxylic acids is 1. The first-order chi connectivity index (χ1) is 17.9. The van der Waals surface area contributed by atoms with Gasteiger partial charge >= 0.3 is 5.97 Å². The van der Waals surface area contributed by atoms with Crippen molar-refractivity contribution in [2.24, 2.45) is 35.3 Å². The van der Waals surface area contributed by atoms with Gasteiger partial charge < -0.3 is 30.9 Å². The molecule has 6 N–H and O–H groups in total. The average Bonchev–Trinajstić information content (AvgIpc) is 2.88. The van der Waals surface area contributed by atoms with E-state index in [0.29, 0.717) is 6.42 Å². The molecule has 0 aliphatic carbocycles. The Morgan fingerprint density at radius 1 is 1.00 bits per heavy atom. The summed E-state index contributed by atoms with van der Waals surface area (Å²) in [5, 5.41) is 42.5. The van der Waals surface area contributed by atoms with Gasteiger partial charge in [0.25, 0.3) is 0 Å². The van der Waals surface area contributed by atoms with Crippen molar-refractivity contribution in [3.05, 3.63) is 61.3 Å². The van der Waals surface area contributed by atoms with Crippen LogP contribution in [0.15, 0.2) is 61.3 Å². The van der Waals surface area contributed by atoms with Crippen LogP contribution in [-0.2, 0) is 9.53 Å². The Morgan fingerprint density at radius 3 is 2.34 bits per heavy atom. The van der Waals surface area contributed by atoms with E-state index in [4.69, 9.17) is 10.5 Å². The molecular weight excluding hydrogens is 482 g/mol. The van der Waals surface area contributed by atoms with Gasteiger partial charge in [0.05, 0.1) is 24.4 Å². The van der Waals surface area contributed by atoms with E-state index >= 15 is 0 Å². The van der Waals surface area contributed by atoms with E-state index in [2.05, 4.69) is 13.5 Å². The third-order valence-corrected chi connectivity index (χ3v) is 7.56. The first-order valence-corrected chi connectivity index (χ1v) is 13.9. The van der Waals surface area contributed by atoms with Crippen molar-refractivity contribution >= 4 is 5.97 Å². The molecule has 7 nitrogen and oxygen atoms in total. The molecule has 0 saturated heterocycles. The van der Waals surface area contributed by atoms with Crippen LogP contribution in [-0.4, -0.2) is 63.0 Å². The fourth-order valence-corrected chi connectivity index (χ4v) is 4.85. The molecule has 0 spiro atoms. The molecule has 0 saturated carbocycles. The molecule has 0 unspecified atom stereocenters. The van der Waals surface area contributed by atoms with Gasteiger partial charge in [-0.15, -0.1) is 0 Å². The molecule has 0 fully saturated rings. The third-order valence-electron chi connectivity index (χ3n) is 7.56. The van der Waals surface area contributed by atoms with Crippen LogP contribution in [0.2, 0.25) is 0 Å². The van der Waals surface area contributed by atoms with Gasteiger partial charge in [-0.1, -0.05) is 89.8 Å². The zero-order valence-corrected chi connectivity index (χ0v) is 23.8. The minimum absolute atomic E-state index is 0.0884. The van der Waals surface area contributed by atoms with Gasteiger partial charge in [0.2, 0.25) is 0 Å². The van der Waals surface area contributed by atoms with Crippen LogP contribution in [0.3, 0.4) is 0 Å². The number of esters is 1. The molecule has 0 aromatic rings. The van der Waals surface area contributed by atoms with Gasteiger partial charge in [0, 0.05) is 36.3 Å². The Morgan fingerprint density at radius 2 is 1.68 bits per heavy atom. The highest BCUT2D eigenvalue weighted by Crippen LogP contribution is 2.27. The number of allylic oxidation sites excluding steroid dienone is 4. The fraction of sp³-hybridized carbons (Fsp3) is 0.645. The van der Waals surface area contributed by atoms with E-state index in [1.807, 2.05) is 33.8 Å². The lowest BCUT2D eigenvalue weighted by molar-refractivity contribution is -0.150. The molecule has 0 bridgehead atoms. The van der Waals surface area contributed by atoms with E-state index in [9.17, 15) is 25.2 Å². The Bertz CT molecular complexity index is 821. The van der Waals surface area contributed by atoms with Gasteiger partial charge in [0.1, 0.15) is 6.10 Å². The first kappa shape index (κ1) is 34.0. The number of ether oxygens (including phenoxy) is 1. The second-order valence-corrected chi connectivity index (χ2v) is 11.1. The molecule has 1 heterocycles. The Hall–Kier alpha value is -2.03. The van der Waals surface area contributed by atoms with Crippen LogP contribution < -0.4 is 5.73 Å². The lowest BCUT2D eigenvalue weighted by Crippen LogP contribution is -2.39. The Kier molecular flexibility index (Phi) is 15.7. The van der Waals surface area contributed by atoms with Crippen LogP contribution in [0.5, 0.6) is 0 Å². The number of cyclic esters (lactones) is 1. The maximum absolute atomic E-state index is 12.6. The number of hydrogen-bond donors (Lipinski definition) is 5. The predicted molar refractivity (Wildman–Crippen MR) is 153 cm³/mol. The molecule has 0 radical (unpaired) electrons. The van der Waals surface area contributed by atoms with E-state index in [-0.39, 0.29) is 36.0 Å². The maximum Gasteiger partial charge on any atom is 0.331 e. The average molecular weight is 534 g/mol. The van der Waals surface area contributed by atoms with E-state index in [1.165, 1.54) is 12.2 Å². The number of nitrogens with two attached hydrogens (primary N) is 1. The van der Waals surface area contributed by atoms with Crippen molar-refractivity contribution in [2.75, 3.05) is 0 Å². The molecule has 0 amide bonds. The van der Waals surface area contributed by atoms with Gasteiger partial charge in [-0.05, 0) is 31.1 Å². The van der Waals surface area contributed by atoms with Crippen LogP contribution in [0.1, 0.15) is 60.3 Å². The molecule has 0 aromatic carbocycles. The van der Waals surface area contributed by atoms with Crippen molar-refractivity contribution in [1.29, 1.82) is 0 Å². The summed E-state index contributed by atoms with van der Waals surface area (Å²) in [6.07, 6.45) is 13.2. The molecule has 1 aliphatic rings. The summed E-state index contributed by atoms with van der Waals surface area (Å²) >= 11 is 0. The number of aliphatic hydroxyl groups excluding tert-OH is 4. The van der Waals surface area contributed by atoms with Crippen molar-refractivity contribution in [1.82, 2.24) is 0 Å². The summed E-state index contributed by atoms with van der Waals surface area (Å²) in [6.45, 7) is 13.4. The standard InChI is InChI=1S/C31H51NO6/c1-7-8-11-22(4)31-24(6)27(34)17-14-20(2)18-23(5)30(37)26(32)16-15-25(33)19-28(35)21(3)12-9-10-13-29(36)38-31/h7-13,15-16,20-28,30-31,33-35,37H,1,14,17-19,32H2,2-6H3/b11-8-,12-9+,13-10-,16-15-/t20-,21-,22-,23-,24-,25+,26-,27+,28-,30+,31-/m0/s1. The SMILES string of the molecule is C=C/C=C\[C@H](C)[C@@H]1OC(=O)/C=C\C=C\[C@H](C)[C@@H](O)C[C@H](O)/C=C\[C@H](N)[C@H](O)[C@@H](C)C[C@@H](C)CC[C@@H](O)[C@@H]1C. The second kappa shape index (κ2) is 17.5. The molecule has 0 aromatic heterocycles. The van der Waals surface area contributed by atoms with Gasteiger partial charge in [-0.3, -0.25) is 0 Å². The zero-order chi connectivity index (χ0) is 28.8. The highest BCUT2D eigenvalue weighted by atomic mass is 16.5. The van der Waals surface area contributed by atoms with Crippen molar-refractivity contribution in [3.63, 3.8) is 0 Å². The highest BCUT2D eigenvalue weighted by Gasteiger charge is 2.31. The smallest absolute Gasteiger partial charge is 0.331 e. The molecule has 1 rings (SSSR count). The summed E-state index contributed by atoms with van der Waals surface area (Å²) in [5.41, 5.74) is 6.17. The summed E-state index contributed by atoms with van der Waals surface area (Å²) in [4.78, 5) is 12.6. The van der Waals surface area contributed by atoms with Crippen LogP contribution in [0.4, 0.5) is 0 Å². The minimum atomic E-state index is -0.908.